The van der Waals surface area contributed by atoms with Crippen molar-refractivity contribution >= 4 is 16.9 Å². The van der Waals surface area contributed by atoms with Crippen LogP contribution in [-0.4, -0.2) is 35.2 Å². The molecule has 0 unspecified atom stereocenters. The second kappa shape index (κ2) is 12.9. The van der Waals surface area contributed by atoms with Gasteiger partial charge in [0.25, 0.3) is 5.91 Å². The smallest absolute Gasteiger partial charge is 0.257 e. The Morgan fingerprint density at radius 1 is 0.865 bits per heavy atom. The maximum absolute atomic E-state index is 12.2. The van der Waals surface area contributed by atoms with Crippen molar-refractivity contribution in [1.82, 2.24) is 14.9 Å². The second-order valence-corrected chi connectivity index (χ2v) is 9.50. The zero-order valence-corrected chi connectivity index (χ0v) is 22.1. The van der Waals surface area contributed by atoms with Crippen LogP contribution < -0.4 is 14.8 Å². The van der Waals surface area contributed by atoms with E-state index in [0.717, 1.165) is 77.3 Å². The number of hydrogen-bond acceptors (Lipinski definition) is 4. The zero-order chi connectivity index (χ0) is 26.0. The summed E-state index contributed by atoms with van der Waals surface area (Å²) in [6.07, 6.45) is 3.84. The van der Waals surface area contributed by atoms with Gasteiger partial charge in [0.15, 0.2) is 6.61 Å². The second-order valence-electron chi connectivity index (χ2n) is 9.50. The molecular formula is C31H37N3O3. The monoisotopic (exact) mass is 499 g/mol. The summed E-state index contributed by atoms with van der Waals surface area (Å²) in [5.74, 6) is 2.69. The van der Waals surface area contributed by atoms with Gasteiger partial charge in [-0.25, -0.2) is 4.98 Å². The van der Waals surface area contributed by atoms with Crippen molar-refractivity contribution < 1.29 is 14.3 Å². The topological polar surface area (TPSA) is 65.4 Å². The maximum Gasteiger partial charge on any atom is 0.257 e. The van der Waals surface area contributed by atoms with Gasteiger partial charge in [0.05, 0.1) is 17.6 Å². The molecule has 1 heterocycles. The molecule has 37 heavy (non-hydrogen) atoms. The maximum atomic E-state index is 12.2. The van der Waals surface area contributed by atoms with Gasteiger partial charge in [-0.05, 0) is 74.6 Å². The van der Waals surface area contributed by atoms with Gasteiger partial charge >= 0.3 is 0 Å². The van der Waals surface area contributed by atoms with E-state index in [-0.39, 0.29) is 12.5 Å². The Morgan fingerprint density at radius 2 is 1.65 bits per heavy atom. The molecule has 4 aromatic rings. The average molecular weight is 500 g/mol. The first kappa shape index (κ1) is 26.3. The zero-order valence-electron chi connectivity index (χ0n) is 22.1. The number of fused-ring (bicyclic) bond motifs is 1. The largest absolute Gasteiger partial charge is 0.491 e. The summed E-state index contributed by atoms with van der Waals surface area (Å²) in [4.78, 5) is 17.1. The summed E-state index contributed by atoms with van der Waals surface area (Å²) in [6.45, 7) is 8.09. The molecule has 0 aliphatic heterocycles. The molecule has 0 aliphatic rings. The molecule has 0 saturated carbocycles. The van der Waals surface area contributed by atoms with E-state index >= 15 is 0 Å². The summed E-state index contributed by atoms with van der Waals surface area (Å²) < 4.78 is 14.0. The van der Waals surface area contributed by atoms with Crippen molar-refractivity contribution in [1.29, 1.82) is 0 Å². The summed E-state index contributed by atoms with van der Waals surface area (Å²) in [7, 11) is 0. The molecule has 1 amide bonds. The van der Waals surface area contributed by atoms with Crippen LogP contribution in [0.15, 0.2) is 66.7 Å². The van der Waals surface area contributed by atoms with E-state index in [0.29, 0.717) is 13.2 Å². The molecule has 0 spiro atoms. The minimum Gasteiger partial charge on any atom is -0.491 e. The molecule has 3 aromatic carbocycles. The van der Waals surface area contributed by atoms with E-state index in [1.807, 2.05) is 56.3 Å². The number of unbranched alkanes of at least 4 members (excludes halogenated alkanes) is 2. The van der Waals surface area contributed by atoms with Crippen LogP contribution in [0.4, 0.5) is 0 Å². The number of para-hydroxylation sites is 3. The Balaban J connectivity index is 1.21. The third-order valence-corrected chi connectivity index (χ3v) is 6.50. The number of imidazole rings is 1. The van der Waals surface area contributed by atoms with E-state index in [1.54, 1.807) is 0 Å². The number of nitrogens with zero attached hydrogens (tertiary/aromatic N) is 2. The van der Waals surface area contributed by atoms with E-state index < -0.39 is 0 Å². The molecule has 1 N–H and O–H groups in total. The highest BCUT2D eigenvalue weighted by Crippen LogP contribution is 2.20. The first-order chi connectivity index (χ1) is 18.0. The molecule has 6 nitrogen and oxygen atoms in total. The van der Waals surface area contributed by atoms with Gasteiger partial charge in [-0.2, -0.15) is 0 Å². The number of carbonyl (C=O) groups excluding carboxylic acids is 1. The molecule has 194 valence electrons. The predicted molar refractivity (Wildman–Crippen MR) is 148 cm³/mol. The third-order valence-electron chi connectivity index (χ3n) is 6.50. The summed E-state index contributed by atoms with van der Waals surface area (Å²) in [5, 5.41) is 2.97. The van der Waals surface area contributed by atoms with Crippen LogP contribution >= 0.6 is 0 Å². The Kier molecular flexibility index (Phi) is 9.19. The number of aryl methyl sites for hydroxylation is 4. The van der Waals surface area contributed by atoms with Crippen molar-refractivity contribution in [2.75, 3.05) is 19.8 Å². The summed E-state index contributed by atoms with van der Waals surface area (Å²) in [5.41, 5.74) is 5.45. The standard InChI is InChI=1S/C31H37N3O3/c1-23-16-17-25(3)29(21-23)37-22-31(35)32-18-10-4-5-15-30-33-26-12-7-8-13-27(26)34(30)19-20-36-28-14-9-6-11-24(28)2/h6-9,11-14,16-17,21H,4-5,10,15,18-20,22H2,1-3H3,(H,32,35). The number of amides is 1. The van der Waals surface area contributed by atoms with Crippen LogP contribution in [0.25, 0.3) is 11.0 Å². The molecule has 0 atom stereocenters. The van der Waals surface area contributed by atoms with Crippen LogP contribution in [-0.2, 0) is 17.8 Å². The first-order valence-corrected chi connectivity index (χ1v) is 13.1. The van der Waals surface area contributed by atoms with Gasteiger partial charge in [0, 0.05) is 13.0 Å². The van der Waals surface area contributed by atoms with Crippen LogP contribution in [0.1, 0.15) is 41.8 Å². The predicted octanol–water partition coefficient (Wildman–Crippen LogP) is 5.95. The first-order valence-electron chi connectivity index (χ1n) is 13.1. The van der Waals surface area contributed by atoms with Crippen LogP contribution in [0.3, 0.4) is 0 Å². The lowest BCUT2D eigenvalue weighted by atomic mass is 10.1. The number of rotatable bonds is 13. The lowest BCUT2D eigenvalue weighted by molar-refractivity contribution is -0.123. The Morgan fingerprint density at radius 3 is 2.51 bits per heavy atom. The number of nitrogens with one attached hydrogen (secondary N) is 1. The quantitative estimate of drug-likeness (QED) is 0.231. The Labute approximate surface area is 219 Å². The van der Waals surface area contributed by atoms with Crippen molar-refractivity contribution in [3.05, 3.63) is 89.2 Å². The average Bonchev–Trinajstić information content (AvgIpc) is 3.25. The van der Waals surface area contributed by atoms with Crippen LogP contribution in [0.2, 0.25) is 0 Å². The molecule has 4 rings (SSSR count). The van der Waals surface area contributed by atoms with Gasteiger partial charge < -0.3 is 19.4 Å². The Bertz CT molecular complexity index is 1330. The summed E-state index contributed by atoms with van der Waals surface area (Å²) >= 11 is 0. The molecule has 0 fully saturated rings. The molecule has 1 aromatic heterocycles. The molecule has 0 radical (unpaired) electrons. The fourth-order valence-electron chi connectivity index (χ4n) is 4.40. The van der Waals surface area contributed by atoms with E-state index in [2.05, 4.69) is 41.1 Å². The van der Waals surface area contributed by atoms with E-state index in [1.165, 1.54) is 0 Å². The minimum absolute atomic E-state index is 0.0406. The molecule has 0 saturated heterocycles. The Hall–Kier alpha value is -3.80. The lowest BCUT2D eigenvalue weighted by Crippen LogP contribution is -2.29. The van der Waals surface area contributed by atoms with Gasteiger partial charge in [-0.1, -0.05) is 48.9 Å². The van der Waals surface area contributed by atoms with Crippen molar-refractivity contribution in [2.45, 2.75) is 53.0 Å². The lowest BCUT2D eigenvalue weighted by Gasteiger charge is -2.12. The highest BCUT2D eigenvalue weighted by Gasteiger charge is 2.11. The normalized spacial score (nSPS) is 11.0. The number of hydrogen-bond donors (Lipinski definition) is 1. The number of ether oxygens (including phenoxy) is 2. The molecule has 0 aliphatic carbocycles. The van der Waals surface area contributed by atoms with Crippen LogP contribution in [0.5, 0.6) is 11.5 Å². The van der Waals surface area contributed by atoms with Crippen molar-refractivity contribution in [3.63, 3.8) is 0 Å². The minimum atomic E-state index is -0.0867. The van der Waals surface area contributed by atoms with Gasteiger partial charge in [0.2, 0.25) is 0 Å². The highest BCUT2D eigenvalue weighted by molar-refractivity contribution is 5.77. The SMILES string of the molecule is Cc1ccc(C)c(OCC(=O)NCCCCCc2nc3ccccc3n2CCOc2ccccc2C)c1. The number of aromatic nitrogens is 2. The van der Waals surface area contributed by atoms with Gasteiger partial charge in [-0.15, -0.1) is 0 Å². The van der Waals surface area contributed by atoms with Crippen molar-refractivity contribution in [2.24, 2.45) is 0 Å². The fourth-order valence-corrected chi connectivity index (χ4v) is 4.40. The van der Waals surface area contributed by atoms with Gasteiger partial charge in [-0.3, -0.25) is 4.79 Å². The fraction of sp³-hybridized carbons (Fsp3) is 0.355. The van der Waals surface area contributed by atoms with Crippen molar-refractivity contribution in [3.8, 4) is 11.5 Å². The molecular weight excluding hydrogens is 462 g/mol. The van der Waals surface area contributed by atoms with E-state index in [4.69, 9.17) is 14.5 Å². The highest BCUT2D eigenvalue weighted by atomic mass is 16.5. The third kappa shape index (κ3) is 7.35. The summed E-state index contributed by atoms with van der Waals surface area (Å²) in [6, 6.07) is 22.4. The van der Waals surface area contributed by atoms with Crippen LogP contribution in [0, 0.1) is 20.8 Å². The molecule has 6 heteroatoms. The molecule has 0 bridgehead atoms. The van der Waals surface area contributed by atoms with Gasteiger partial charge in [0.1, 0.15) is 23.9 Å². The van der Waals surface area contributed by atoms with E-state index in [9.17, 15) is 4.79 Å². The number of benzene rings is 3. The number of carbonyl (C=O) groups is 1.